The Balaban J connectivity index is 3.07. The molecule has 0 aliphatic rings. The summed E-state index contributed by atoms with van der Waals surface area (Å²) in [5.41, 5.74) is 0.384. The number of rotatable bonds is 4. The lowest BCUT2D eigenvalue weighted by molar-refractivity contribution is 0.609. The highest BCUT2D eigenvalue weighted by molar-refractivity contribution is 9.40. The Morgan fingerprint density at radius 3 is 2.12 bits per heavy atom. The monoisotopic (exact) mass is 333 g/mol. The van der Waals surface area contributed by atoms with E-state index < -0.39 is 14.2 Å². The molecular formula is C12H21BrNOPSi. The third kappa shape index (κ3) is 4.98. The molecule has 0 amide bonds. The van der Waals surface area contributed by atoms with Crippen molar-refractivity contribution in [2.24, 2.45) is 4.41 Å². The molecule has 0 aromatic heterocycles. The lowest BCUT2D eigenvalue weighted by Crippen LogP contribution is -2.17. The van der Waals surface area contributed by atoms with Crippen LogP contribution in [0.2, 0.25) is 19.6 Å². The van der Waals surface area contributed by atoms with E-state index in [1.807, 2.05) is 30.3 Å². The fourth-order valence-electron chi connectivity index (χ4n) is 1.28. The van der Waals surface area contributed by atoms with Gasteiger partial charge in [-0.15, -0.1) is 0 Å². The van der Waals surface area contributed by atoms with Crippen LogP contribution < -0.4 is 4.52 Å². The van der Waals surface area contributed by atoms with Crippen LogP contribution in [0.15, 0.2) is 34.7 Å². The zero-order valence-electron chi connectivity index (χ0n) is 11.1. The Bertz CT molecular complexity index is 414. The Morgan fingerprint density at radius 1 is 1.18 bits per heavy atom. The summed E-state index contributed by atoms with van der Waals surface area (Å²) in [5, 5.41) is 0. The van der Waals surface area contributed by atoms with Gasteiger partial charge < -0.3 is 4.52 Å². The van der Waals surface area contributed by atoms with Crippen LogP contribution in [0.5, 0.6) is 5.75 Å². The molecule has 1 aromatic rings. The molecule has 17 heavy (non-hydrogen) atoms. The van der Waals surface area contributed by atoms with Crippen LogP contribution in [0.3, 0.4) is 0 Å². The largest absolute Gasteiger partial charge is 0.451 e. The third-order valence-electron chi connectivity index (χ3n) is 2.05. The predicted octanol–water partition coefficient (Wildman–Crippen LogP) is 5.73. The van der Waals surface area contributed by atoms with Crippen molar-refractivity contribution in [3.63, 3.8) is 0 Å². The fraction of sp³-hybridized carbons (Fsp3) is 0.500. The summed E-state index contributed by atoms with van der Waals surface area (Å²) < 4.78 is 11.1. The second-order valence-electron chi connectivity index (χ2n) is 5.31. The van der Waals surface area contributed by atoms with Crippen LogP contribution in [0.4, 0.5) is 0 Å². The summed E-state index contributed by atoms with van der Waals surface area (Å²) in [6.07, 6.45) is 0. The average Bonchev–Trinajstić information content (AvgIpc) is 2.15. The van der Waals surface area contributed by atoms with E-state index in [9.17, 15) is 0 Å². The maximum atomic E-state index is 6.14. The molecule has 0 saturated heterocycles. The topological polar surface area (TPSA) is 21.6 Å². The molecule has 0 radical (unpaired) electrons. The Kier molecular flexibility index (Phi) is 5.05. The van der Waals surface area contributed by atoms with E-state index in [1.54, 1.807) is 0 Å². The molecule has 1 rings (SSSR count). The Labute approximate surface area is 114 Å². The Hall–Kier alpha value is -0.0531. The van der Waals surface area contributed by atoms with Gasteiger partial charge in [0.25, 0.3) is 0 Å². The van der Waals surface area contributed by atoms with Crippen LogP contribution in [0.1, 0.15) is 13.8 Å². The van der Waals surface area contributed by atoms with Gasteiger partial charge in [-0.3, -0.25) is 4.41 Å². The first-order valence-corrected chi connectivity index (χ1v) is 13.0. The number of hydrogen-bond acceptors (Lipinski definition) is 2. The van der Waals surface area contributed by atoms with Crippen molar-refractivity contribution in [3.8, 4) is 5.75 Å². The summed E-state index contributed by atoms with van der Waals surface area (Å²) in [7, 11) is -1.51. The maximum absolute atomic E-state index is 6.14. The van der Waals surface area contributed by atoms with Crippen molar-refractivity contribution < 1.29 is 4.52 Å². The molecule has 0 aliphatic heterocycles. The van der Waals surface area contributed by atoms with Crippen LogP contribution in [-0.4, -0.2) is 13.9 Å². The molecule has 96 valence electrons. The molecule has 0 heterocycles. The molecule has 1 atom stereocenters. The summed E-state index contributed by atoms with van der Waals surface area (Å²) >= 11 is 3.78. The molecular weight excluding hydrogens is 313 g/mol. The molecule has 0 spiro atoms. The van der Waals surface area contributed by atoms with Gasteiger partial charge in [-0.1, -0.05) is 32.0 Å². The minimum absolute atomic E-state index is 0.384. The van der Waals surface area contributed by atoms with Crippen molar-refractivity contribution in [2.45, 2.75) is 39.1 Å². The van der Waals surface area contributed by atoms with Gasteiger partial charge in [0.05, 0.1) is 0 Å². The summed E-state index contributed by atoms with van der Waals surface area (Å²) in [6.45, 7) is 11.0. The van der Waals surface area contributed by atoms with Crippen LogP contribution in [0.25, 0.3) is 0 Å². The first-order valence-electron chi connectivity index (χ1n) is 5.80. The SMILES string of the molecule is CC(C)P(Br)(=N[Si](C)(C)C)Oc1ccccc1. The standard InChI is InChI=1S/C12H21BrNOPSi/c1-11(2)16(13,14-17(3,4)5)15-12-9-7-6-8-10-12/h6-11H,1-5H3. The fourth-order valence-corrected chi connectivity index (χ4v) is 11.1. The van der Waals surface area contributed by atoms with Gasteiger partial charge in [-0.2, -0.15) is 0 Å². The van der Waals surface area contributed by atoms with Crippen molar-refractivity contribution in [3.05, 3.63) is 30.3 Å². The zero-order chi connectivity index (χ0) is 13.1. The van der Waals surface area contributed by atoms with Gasteiger partial charge in [0.15, 0.2) is 14.2 Å². The molecule has 0 aliphatic carbocycles. The van der Waals surface area contributed by atoms with Gasteiger partial charge in [0.2, 0.25) is 0 Å². The van der Waals surface area contributed by atoms with E-state index in [2.05, 4.69) is 49.0 Å². The van der Waals surface area contributed by atoms with E-state index >= 15 is 0 Å². The summed E-state index contributed by atoms with van der Waals surface area (Å²) in [4.78, 5) is 0. The third-order valence-corrected chi connectivity index (χ3v) is 11.6. The number of benzene rings is 1. The quantitative estimate of drug-likeness (QED) is 0.509. The maximum Gasteiger partial charge on any atom is 0.191 e. The van der Waals surface area contributed by atoms with Gasteiger partial charge in [-0.25, -0.2) is 0 Å². The molecule has 0 bridgehead atoms. The van der Waals surface area contributed by atoms with Crippen molar-refractivity contribution >= 4 is 29.7 Å². The smallest absolute Gasteiger partial charge is 0.191 e. The Morgan fingerprint density at radius 2 is 1.71 bits per heavy atom. The first kappa shape index (κ1) is 15.0. The second-order valence-corrected chi connectivity index (χ2v) is 15.8. The van der Waals surface area contributed by atoms with Crippen LogP contribution in [0, 0.1) is 0 Å². The van der Waals surface area contributed by atoms with Gasteiger partial charge in [0, 0.05) is 21.1 Å². The number of nitrogens with zero attached hydrogens (tertiary/aromatic N) is 1. The molecule has 2 nitrogen and oxygen atoms in total. The highest BCUT2D eigenvalue weighted by Crippen LogP contribution is 2.62. The average molecular weight is 334 g/mol. The van der Waals surface area contributed by atoms with Gasteiger partial charge >= 0.3 is 0 Å². The highest BCUT2D eigenvalue weighted by atomic mass is 79.9. The normalized spacial score (nSPS) is 15.5. The lowest BCUT2D eigenvalue weighted by atomic mass is 10.3. The minimum Gasteiger partial charge on any atom is -0.451 e. The van der Waals surface area contributed by atoms with E-state index in [1.165, 1.54) is 0 Å². The van der Waals surface area contributed by atoms with Crippen molar-refractivity contribution in [1.82, 2.24) is 0 Å². The van der Waals surface area contributed by atoms with E-state index in [-0.39, 0.29) is 0 Å². The molecule has 0 saturated carbocycles. The molecule has 1 unspecified atom stereocenters. The second kappa shape index (κ2) is 5.72. The zero-order valence-corrected chi connectivity index (χ0v) is 14.6. The number of halogens is 1. The minimum atomic E-state index is -1.89. The molecule has 5 heteroatoms. The van der Waals surface area contributed by atoms with E-state index in [4.69, 9.17) is 8.93 Å². The summed E-state index contributed by atoms with van der Waals surface area (Å²) in [5.74, 6) is -0.989. The van der Waals surface area contributed by atoms with Gasteiger partial charge in [-0.05, 0) is 31.8 Å². The molecule has 0 fully saturated rings. The number of hydrogen-bond donors (Lipinski definition) is 0. The number of para-hydroxylation sites is 1. The van der Waals surface area contributed by atoms with Crippen molar-refractivity contribution in [1.29, 1.82) is 0 Å². The summed E-state index contributed by atoms with van der Waals surface area (Å²) in [6, 6.07) is 9.94. The van der Waals surface area contributed by atoms with Crippen molar-refractivity contribution in [2.75, 3.05) is 0 Å². The van der Waals surface area contributed by atoms with E-state index in [0.717, 1.165) is 5.75 Å². The van der Waals surface area contributed by atoms with Crippen LogP contribution in [-0.2, 0) is 0 Å². The van der Waals surface area contributed by atoms with Crippen LogP contribution >= 0.6 is 21.5 Å². The molecule has 0 N–H and O–H groups in total. The van der Waals surface area contributed by atoms with E-state index in [0.29, 0.717) is 5.66 Å². The first-order chi connectivity index (χ1) is 7.73. The van der Waals surface area contributed by atoms with Gasteiger partial charge in [0.1, 0.15) is 5.75 Å². The molecule has 1 aromatic carbocycles. The highest BCUT2D eigenvalue weighted by Gasteiger charge is 2.27. The lowest BCUT2D eigenvalue weighted by Gasteiger charge is -2.26. The predicted molar refractivity (Wildman–Crippen MR) is 83.8 cm³/mol.